The fourth-order valence-electron chi connectivity index (χ4n) is 2.56. The lowest BCUT2D eigenvalue weighted by atomic mass is 10.1. The van der Waals surface area contributed by atoms with Crippen molar-refractivity contribution in [2.75, 3.05) is 26.2 Å². The van der Waals surface area contributed by atoms with Gasteiger partial charge in [-0.05, 0) is 38.4 Å². The first-order valence-corrected chi connectivity index (χ1v) is 7.02. The van der Waals surface area contributed by atoms with E-state index in [1.165, 1.54) is 38.9 Å². The lowest BCUT2D eigenvalue weighted by molar-refractivity contribution is 0.199. The fraction of sp³-hybridized carbons (Fsp3) is 0.846. The van der Waals surface area contributed by atoms with E-state index in [-0.39, 0.29) is 0 Å². The standard InChI is InChI=1S/C13H25N5/c1-12(11-18-6-4-3-5-7-18)8-14-9-13-10-15-16-17(13)2/h10,12,14H,3-9,11H2,1-2H3. The quantitative estimate of drug-likeness (QED) is 0.820. The van der Waals surface area contributed by atoms with Gasteiger partial charge < -0.3 is 10.2 Å². The lowest BCUT2D eigenvalue weighted by Crippen LogP contribution is -2.36. The van der Waals surface area contributed by atoms with E-state index in [4.69, 9.17) is 0 Å². The van der Waals surface area contributed by atoms with Crippen LogP contribution in [-0.2, 0) is 13.6 Å². The predicted octanol–water partition coefficient (Wildman–Crippen LogP) is 1.03. The molecule has 1 aromatic heterocycles. The van der Waals surface area contributed by atoms with E-state index in [0.717, 1.165) is 18.8 Å². The first-order chi connectivity index (χ1) is 8.75. The number of nitrogens with zero attached hydrogens (tertiary/aromatic N) is 4. The van der Waals surface area contributed by atoms with Crippen molar-refractivity contribution in [2.24, 2.45) is 13.0 Å². The van der Waals surface area contributed by atoms with Crippen molar-refractivity contribution in [3.05, 3.63) is 11.9 Å². The van der Waals surface area contributed by atoms with Crippen LogP contribution in [0.5, 0.6) is 0 Å². The molecule has 0 aromatic carbocycles. The van der Waals surface area contributed by atoms with Gasteiger partial charge in [-0.15, -0.1) is 5.10 Å². The zero-order valence-electron chi connectivity index (χ0n) is 11.6. The van der Waals surface area contributed by atoms with Gasteiger partial charge in [0.2, 0.25) is 0 Å². The van der Waals surface area contributed by atoms with Crippen LogP contribution in [0.1, 0.15) is 31.9 Å². The van der Waals surface area contributed by atoms with Crippen LogP contribution in [0.15, 0.2) is 6.20 Å². The molecule has 0 amide bonds. The Hall–Kier alpha value is -0.940. The zero-order chi connectivity index (χ0) is 12.8. The number of piperidine rings is 1. The van der Waals surface area contributed by atoms with Crippen LogP contribution in [0.4, 0.5) is 0 Å². The number of hydrogen-bond donors (Lipinski definition) is 1. The highest BCUT2D eigenvalue weighted by molar-refractivity contribution is 4.92. The summed E-state index contributed by atoms with van der Waals surface area (Å²) in [6.07, 6.45) is 5.99. The van der Waals surface area contributed by atoms with Crippen LogP contribution in [0.25, 0.3) is 0 Å². The first kappa shape index (κ1) is 13.5. The molecule has 0 aliphatic carbocycles. The largest absolute Gasteiger partial charge is 0.311 e. The Labute approximate surface area is 110 Å². The highest BCUT2D eigenvalue weighted by Gasteiger charge is 2.13. The van der Waals surface area contributed by atoms with Gasteiger partial charge in [0.15, 0.2) is 0 Å². The van der Waals surface area contributed by atoms with E-state index >= 15 is 0 Å². The van der Waals surface area contributed by atoms with E-state index < -0.39 is 0 Å². The van der Waals surface area contributed by atoms with E-state index in [9.17, 15) is 0 Å². The molecule has 1 N–H and O–H groups in total. The van der Waals surface area contributed by atoms with Crippen molar-refractivity contribution >= 4 is 0 Å². The summed E-state index contributed by atoms with van der Waals surface area (Å²) in [6.45, 7) is 8.03. The molecule has 1 fully saturated rings. The highest BCUT2D eigenvalue weighted by atomic mass is 15.4. The van der Waals surface area contributed by atoms with Crippen molar-refractivity contribution in [3.8, 4) is 0 Å². The third-order valence-corrected chi connectivity index (χ3v) is 3.63. The van der Waals surface area contributed by atoms with Gasteiger partial charge in [-0.2, -0.15) is 0 Å². The van der Waals surface area contributed by atoms with Gasteiger partial charge in [-0.3, -0.25) is 4.68 Å². The summed E-state index contributed by atoms with van der Waals surface area (Å²) in [5.74, 6) is 0.698. The molecule has 2 heterocycles. The second-order valence-electron chi connectivity index (χ2n) is 5.45. The molecule has 1 atom stereocenters. The van der Waals surface area contributed by atoms with Crippen molar-refractivity contribution < 1.29 is 0 Å². The minimum atomic E-state index is 0.698. The predicted molar refractivity (Wildman–Crippen MR) is 72.2 cm³/mol. The van der Waals surface area contributed by atoms with E-state index in [1.54, 1.807) is 0 Å². The number of aryl methyl sites for hydroxylation is 1. The molecule has 0 spiro atoms. The maximum absolute atomic E-state index is 3.93. The molecule has 0 bridgehead atoms. The monoisotopic (exact) mass is 251 g/mol. The Morgan fingerprint density at radius 1 is 1.33 bits per heavy atom. The maximum atomic E-state index is 3.93. The van der Waals surface area contributed by atoms with Crippen molar-refractivity contribution in [2.45, 2.75) is 32.7 Å². The van der Waals surface area contributed by atoms with E-state index in [2.05, 4.69) is 27.5 Å². The molecule has 18 heavy (non-hydrogen) atoms. The SMILES string of the molecule is CC(CNCc1cnnn1C)CN1CCCCC1. The molecule has 5 nitrogen and oxygen atoms in total. The molecule has 1 aliphatic rings. The zero-order valence-corrected chi connectivity index (χ0v) is 11.6. The molecule has 102 valence electrons. The van der Waals surface area contributed by atoms with Gasteiger partial charge in [-0.1, -0.05) is 18.6 Å². The van der Waals surface area contributed by atoms with Crippen LogP contribution in [0.3, 0.4) is 0 Å². The molecule has 1 saturated heterocycles. The van der Waals surface area contributed by atoms with Gasteiger partial charge >= 0.3 is 0 Å². The van der Waals surface area contributed by atoms with Crippen LogP contribution >= 0.6 is 0 Å². The number of rotatable bonds is 6. The average Bonchev–Trinajstić information content (AvgIpc) is 2.76. The van der Waals surface area contributed by atoms with Crippen LogP contribution in [0.2, 0.25) is 0 Å². The Kier molecular flexibility index (Phi) is 5.13. The Balaban J connectivity index is 1.62. The fourth-order valence-corrected chi connectivity index (χ4v) is 2.56. The van der Waals surface area contributed by atoms with Gasteiger partial charge in [0, 0.05) is 20.1 Å². The van der Waals surface area contributed by atoms with Crippen LogP contribution in [-0.4, -0.2) is 46.1 Å². The first-order valence-electron chi connectivity index (χ1n) is 7.02. The van der Waals surface area contributed by atoms with Gasteiger partial charge in [-0.25, -0.2) is 0 Å². The summed E-state index contributed by atoms with van der Waals surface area (Å²) in [6, 6.07) is 0. The van der Waals surface area contributed by atoms with Gasteiger partial charge in [0.25, 0.3) is 0 Å². The molecule has 0 saturated carbocycles. The highest BCUT2D eigenvalue weighted by Crippen LogP contribution is 2.10. The molecular weight excluding hydrogens is 226 g/mol. The normalized spacial score (nSPS) is 19.0. The molecular formula is C13H25N5. The third kappa shape index (κ3) is 4.07. The molecule has 1 aromatic rings. The van der Waals surface area contributed by atoms with E-state index in [1.807, 2.05) is 17.9 Å². The lowest BCUT2D eigenvalue weighted by Gasteiger charge is -2.29. The molecule has 1 unspecified atom stereocenters. The van der Waals surface area contributed by atoms with Crippen molar-refractivity contribution in [1.82, 2.24) is 25.2 Å². The maximum Gasteiger partial charge on any atom is 0.0738 e. The summed E-state index contributed by atoms with van der Waals surface area (Å²) >= 11 is 0. The molecule has 2 rings (SSSR count). The van der Waals surface area contributed by atoms with Gasteiger partial charge in [0.1, 0.15) is 0 Å². The second kappa shape index (κ2) is 6.85. The minimum absolute atomic E-state index is 0.698. The summed E-state index contributed by atoms with van der Waals surface area (Å²) < 4.78 is 1.82. The summed E-state index contributed by atoms with van der Waals surface area (Å²) in [7, 11) is 1.93. The Morgan fingerprint density at radius 2 is 2.11 bits per heavy atom. The summed E-state index contributed by atoms with van der Waals surface area (Å²) in [5.41, 5.74) is 1.14. The van der Waals surface area contributed by atoms with Gasteiger partial charge in [0.05, 0.1) is 11.9 Å². The Morgan fingerprint density at radius 3 is 2.78 bits per heavy atom. The van der Waals surface area contributed by atoms with E-state index in [0.29, 0.717) is 5.92 Å². The topological polar surface area (TPSA) is 46.0 Å². The van der Waals surface area contributed by atoms with Crippen LogP contribution in [0, 0.1) is 5.92 Å². The van der Waals surface area contributed by atoms with Crippen molar-refractivity contribution in [3.63, 3.8) is 0 Å². The summed E-state index contributed by atoms with van der Waals surface area (Å²) in [4.78, 5) is 2.60. The minimum Gasteiger partial charge on any atom is -0.311 e. The summed E-state index contributed by atoms with van der Waals surface area (Å²) in [5, 5.41) is 11.3. The Bertz CT molecular complexity index is 343. The number of hydrogen-bond acceptors (Lipinski definition) is 4. The van der Waals surface area contributed by atoms with Crippen LogP contribution < -0.4 is 5.32 Å². The second-order valence-corrected chi connectivity index (χ2v) is 5.45. The molecule has 1 aliphatic heterocycles. The number of aromatic nitrogens is 3. The molecule has 0 radical (unpaired) electrons. The number of nitrogens with one attached hydrogen (secondary N) is 1. The molecule has 5 heteroatoms. The average molecular weight is 251 g/mol. The smallest absolute Gasteiger partial charge is 0.0738 e. The van der Waals surface area contributed by atoms with Crippen molar-refractivity contribution in [1.29, 1.82) is 0 Å². The third-order valence-electron chi connectivity index (χ3n) is 3.63. The number of likely N-dealkylation sites (tertiary alicyclic amines) is 1.